The quantitative estimate of drug-likeness (QED) is 0.0413. The highest BCUT2D eigenvalue weighted by Gasteiger charge is 2.43. The zero-order valence-corrected chi connectivity index (χ0v) is 47.0. The number of likely N-dealkylation sites (tertiary alicyclic amines) is 4. The van der Waals surface area contributed by atoms with Gasteiger partial charge in [-0.2, -0.15) is 0 Å². The van der Waals surface area contributed by atoms with E-state index in [2.05, 4.69) is 42.5 Å². The van der Waals surface area contributed by atoms with E-state index in [4.69, 9.17) is 10.8 Å². The maximum absolute atomic E-state index is 13.8. The zero-order valence-electron chi connectivity index (χ0n) is 47.0. The predicted molar refractivity (Wildman–Crippen MR) is 281 cm³/mol. The second kappa shape index (κ2) is 29.1. The van der Waals surface area contributed by atoms with Gasteiger partial charge in [0.05, 0.1) is 19.0 Å². The molecule has 0 spiro atoms. The van der Waals surface area contributed by atoms with Gasteiger partial charge in [-0.1, -0.05) is 27.7 Å². The van der Waals surface area contributed by atoms with Crippen molar-refractivity contribution in [1.82, 2.24) is 62.1 Å². The molecule has 12 atom stereocenters. The fourth-order valence-corrected chi connectivity index (χ4v) is 10.1. The summed E-state index contributed by atoms with van der Waals surface area (Å²) in [5.74, 6) is -11.4. The first-order valence-electron chi connectivity index (χ1n) is 27.3. The van der Waals surface area contributed by atoms with Crippen LogP contribution in [0.2, 0.25) is 0 Å². The van der Waals surface area contributed by atoms with Crippen molar-refractivity contribution in [2.75, 3.05) is 32.7 Å². The number of amides is 12. The molecule has 446 valence electrons. The Morgan fingerprint density at radius 1 is 0.425 bits per heavy atom. The first-order valence-corrected chi connectivity index (χ1v) is 27.3. The summed E-state index contributed by atoms with van der Waals surface area (Å²) in [5, 5.41) is 38.8. The highest BCUT2D eigenvalue weighted by molar-refractivity contribution is 5.99. The molecule has 0 aromatic carbocycles. The maximum Gasteiger partial charge on any atom is 0.326 e. The number of rotatable bonds is 25. The molecule has 0 saturated carbocycles. The van der Waals surface area contributed by atoms with Crippen LogP contribution in [-0.2, 0) is 67.1 Å². The SMILES string of the molecule is CC(C)[C@H](NC(=O)[C@@H]1CCCN1C(=O)[C@@H](NC(=O)[C@H](C)NC(=O)[C@H]1CCCN1C(=O)CNC(=O)[C@H](C)NC(=O)[C@@H]1CCCN1C(=O)[C@H](C)NC(=O)[C@H](C)NC(=O)[C@H]1CCCN1C(=O)[C@H](C)NC(=O)[C@@H](N)CC(=O)O)C(C)C)C(=O)O. The van der Waals surface area contributed by atoms with Gasteiger partial charge in [-0.25, -0.2) is 4.79 Å². The van der Waals surface area contributed by atoms with Gasteiger partial charge >= 0.3 is 11.9 Å². The second-order valence-corrected chi connectivity index (χ2v) is 21.7. The number of nitrogens with one attached hydrogen (secondary N) is 8. The summed E-state index contributed by atoms with van der Waals surface area (Å²) in [6.45, 7) is 13.8. The lowest BCUT2D eigenvalue weighted by atomic mass is 10.0. The maximum atomic E-state index is 13.8. The van der Waals surface area contributed by atoms with Crippen LogP contribution in [0, 0.1) is 11.8 Å². The van der Waals surface area contributed by atoms with Crippen molar-refractivity contribution in [1.29, 1.82) is 0 Å². The standard InChI is InChI=1S/C51H81N13O16/c1-24(2)38(50(78)64-21-13-17-35(64)47(75)60-39(25(3)4)51(79)80)59-42(70)28(7)56-44(72)32-14-10-18-61(32)36(65)23-53-40(68)26(5)54-45(73)33-15-11-19-62(33)48(76)29(8)57-41(69)27(6)55-46(74)34-16-12-20-63(34)49(77)30(9)58-43(71)31(52)22-37(66)67/h24-35,38-39H,10-23,52H2,1-9H3,(H,53,68)(H,54,73)(H,55,74)(H,56,72)(H,57,69)(H,58,71)(H,59,70)(H,60,75)(H,66,67)(H,79,80)/t26-,27-,28-,29-,30-,31-,32+,33-,34+,35-,38-,39-/m0/s1. The van der Waals surface area contributed by atoms with Crippen molar-refractivity contribution in [3.63, 3.8) is 0 Å². The van der Waals surface area contributed by atoms with Crippen LogP contribution in [0.3, 0.4) is 0 Å². The minimum absolute atomic E-state index is 0.152. The lowest BCUT2D eigenvalue weighted by molar-refractivity contribution is -0.146. The molecule has 0 radical (unpaired) electrons. The van der Waals surface area contributed by atoms with Gasteiger partial charge in [-0.15, -0.1) is 0 Å². The van der Waals surface area contributed by atoms with Crippen molar-refractivity contribution in [3.8, 4) is 0 Å². The van der Waals surface area contributed by atoms with E-state index < -0.39 is 180 Å². The van der Waals surface area contributed by atoms with Crippen molar-refractivity contribution in [2.45, 2.75) is 193 Å². The third-order valence-corrected chi connectivity index (χ3v) is 14.7. The van der Waals surface area contributed by atoms with Crippen molar-refractivity contribution in [3.05, 3.63) is 0 Å². The molecular formula is C51H81N13O16. The normalized spacial score (nSPS) is 21.9. The van der Waals surface area contributed by atoms with E-state index in [0.717, 1.165) is 0 Å². The zero-order chi connectivity index (χ0) is 60.0. The minimum atomic E-state index is -1.40. The fourth-order valence-electron chi connectivity index (χ4n) is 10.1. The molecule has 0 bridgehead atoms. The molecule has 4 fully saturated rings. The molecule has 0 unspecified atom stereocenters. The number of hydrogen-bond donors (Lipinski definition) is 11. The van der Waals surface area contributed by atoms with Gasteiger partial charge < -0.3 is 78.1 Å². The van der Waals surface area contributed by atoms with Crippen molar-refractivity contribution < 1.29 is 77.3 Å². The number of carboxylic acid groups (broad SMARTS) is 2. The Morgan fingerprint density at radius 3 is 1.18 bits per heavy atom. The minimum Gasteiger partial charge on any atom is -0.481 e. The molecule has 80 heavy (non-hydrogen) atoms. The third-order valence-electron chi connectivity index (χ3n) is 14.7. The Hall–Kier alpha value is -7.46. The Labute approximate surface area is 464 Å². The average Bonchev–Trinajstić information content (AvgIpc) is 4.25. The Bertz CT molecular complexity index is 2390. The van der Waals surface area contributed by atoms with Crippen LogP contribution in [-0.4, -0.2) is 218 Å². The summed E-state index contributed by atoms with van der Waals surface area (Å²) >= 11 is 0. The fraction of sp³-hybridized carbons (Fsp3) is 0.725. The highest BCUT2D eigenvalue weighted by atomic mass is 16.4. The van der Waals surface area contributed by atoms with E-state index in [1.165, 1.54) is 54.2 Å². The summed E-state index contributed by atoms with van der Waals surface area (Å²) in [6, 6.07) is -13.5. The summed E-state index contributed by atoms with van der Waals surface area (Å²) in [7, 11) is 0. The molecule has 12 amide bonds. The van der Waals surface area contributed by atoms with Crippen LogP contribution in [0.1, 0.15) is 120 Å². The lowest BCUT2D eigenvalue weighted by Crippen LogP contribution is -2.59. The van der Waals surface area contributed by atoms with Crippen LogP contribution in [0.4, 0.5) is 0 Å². The number of nitrogens with zero attached hydrogens (tertiary/aromatic N) is 4. The van der Waals surface area contributed by atoms with E-state index in [-0.39, 0.29) is 45.4 Å². The number of nitrogens with two attached hydrogens (primary N) is 1. The predicted octanol–water partition coefficient (Wildman–Crippen LogP) is -4.24. The summed E-state index contributed by atoms with van der Waals surface area (Å²) in [4.78, 5) is 188. The van der Waals surface area contributed by atoms with Crippen LogP contribution in [0.5, 0.6) is 0 Å². The molecule has 12 N–H and O–H groups in total. The summed E-state index contributed by atoms with van der Waals surface area (Å²) in [6.07, 6.45) is 2.15. The van der Waals surface area contributed by atoms with Crippen molar-refractivity contribution >= 4 is 82.8 Å². The van der Waals surface area contributed by atoms with Gasteiger partial charge in [-0.3, -0.25) is 62.3 Å². The van der Waals surface area contributed by atoms with E-state index >= 15 is 0 Å². The molecule has 4 heterocycles. The topological polar surface area (TPSA) is 415 Å². The largest absolute Gasteiger partial charge is 0.481 e. The van der Waals surface area contributed by atoms with E-state index in [0.29, 0.717) is 32.1 Å². The molecule has 0 aromatic rings. The Morgan fingerprint density at radius 2 is 0.775 bits per heavy atom. The molecule has 4 aliphatic rings. The molecular weight excluding hydrogens is 1050 g/mol. The Kier molecular flexibility index (Phi) is 23.7. The molecule has 29 nitrogen and oxygen atoms in total. The van der Waals surface area contributed by atoms with Gasteiger partial charge in [-0.05, 0) is 97.8 Å². The highest BCUT2D eigenvalue weighted by Crippen LogP contribution is 2.24. The number of carbonyl (C=O) groups is 14. The van der Waals surface area contributed by atoms with E-state index in [1.807, 2.05) is 0 Å². The van der Waals surface area contributed by atoms with Gasteiger partial charge in [0.2, 0.25) is 70.9 Å². The summed E-state index contributed by atoms with van der Waals surface area (Å²) < 4.78 is 0. The number of aliphatic carboxylic acids is 2. The number of carboxylic acids is 2. The lowest BCUT2D eigenvalue weighted by Gasteiger charge is -2.32. The number of carbonyl (C=O) groups excluding carboxylic acids is 12. The van der Waals surface area contributed by atoms with Gasteiger partial charge in [0, 0.05) is 26.2 Å². The molecule has 4 aliphatic heterocycles. The molecule has 4 rings (SSSR count). The average molecular weight is 1130 g/mol. The number of hydrogen-bond acceptors (Lipinski definition) is 15. The van der Waals surface area contributed by atoms with Gasteiger partial charge in [0.25, 0.3) is 0 Å². The van der Waals surface area contributed by atoms with Crippen LogP contribution < -0.4 is 48.3 Å². The molecule has 4 saturated heterocycles. The molecule has 0 aliphatic carbocycles. The first kappa shape index (κ1) is 65.1. The molecule has 29 heteroatoms. The Balaban J connectivity index is 1.23. The second-order valence-electron chi connectivity index (χ2n) is 21.7. The smallest absolute Gasteiger partial charge is 0.326 e. The van der Waals surface area contributed by atoms with Crippen LogP contribution in [0.25, 0.3) is 0 Å². The van der Waals surface area contributed by atoms with Gasteiger partial charge in [0.15, 0.2) is 0 Å². The summed E-state index contributed by atoms with van der Waals surface area (Å²) in [5.41, 5.74) is 5.59. The van der Waals surface area contributed by atoms with E-state index in [9.17, 15) is 72.2 Å². The van der Waals surface area contributed by atoms with Crippen molar-refractivity contribution in [2.24, 2.45) is 17.6 Å². The van der Waals surface area contributed by atoms with Crippen LogP contribution in [0.15, 0.2) is 0 Å². The first-order chi connectivity index (χ1) is 37.5. The van der Waals surface area contributed by atoms with Gasteiger partial charge in [0.1, 0.15) is 66.5 Å². The monoisotopic (exact) mass is 1130 g/mol. The third kappa shape index (κ3) is 17.0. The van der Waals surface area contributed by atoms with E-state index in [1.54, 1.807) is 27.7 Å². The molecule has 0 aromatic heterocycles. The van der Waals surface area contributed by atoms with Crippen LogP contribution >= 0.6 is 0 Å².